The van der Waals surface area contributed by atoms with Crippen LogP contribution in [-0.2, 0) is 4.79 Å². The predicted octanol–water partition coefficient (Wildman–Crippen LogP) is 1.64. The quantitative estimate of drug-likeness (QED) is 0.681. The molecular weight excluding hydrogens is 377 g/mol. The Morgan fingerprint density at radius 1 is 1.07 bits per heavy atom. The first-order chi connectivity index (χ1) is 14.1. The van der Waals surface area contributed by atoms with Gasteiger partial charge in [0.15, 0.2) is 5.69 Å². The Morgan fingerprint density at radius 2 is 1.86 bits per heavy atom. The number of fused-ring (bicyclic) bond motifs is 1. The third kappa shape index (κ3) is 3.66. The second-order valence-electron chi connectivity index (χ2n) is 6.64. The normalized spacial score (nSPS) is 14.1. The van der Waals surface area contributed by atoms with E-state index >= 15 is 0 Å². The molecule has 4 rings (SSSR count). The molecule has 1 aliphatic rings. The predicted molar refractivity (Wildman–Crippen MR) is 103 cm³/mol. The molecule has 9 heteroatoms. The van der Waals surface area contributed by atoms with E-state index in [2.05, 4.69) is 10.3 Å². The number of nitrogens with one attached hydrogen (secondary N) is 1. The lowest BCUT2D eigenvalue weighted by molar-refractivity contribution is -0.119. The van der Waals surface area contributed by atoms with E-state index < -0.39 is 11.7 Å². The Morgan fingerprint density at radius 3 is 2.59 bits per heavy atom. The summed E-state index contributed by atoms with van der Waals surface area (Å²) in [6.45, 7) is 1.70. The van der Waals surface area contributed by atoms with Crippen LogP contribution >= 0.6 is 0 Å². The SMILES string of the molecule is O=CN1CCN(C(=O)c2nc(C(=O)Nc3cccc(F)c3)n3ccccc23)CC1. The van der Waals surface area contributed by atoms with Gasteiger partial charge >= 0.3 is 0 Å². The zero-order valence-corrected chi connectivity index (χ0v) is 15.4. The molecule has 0 bridgehead atoms. The van der Waals surface area contributed by atoms with Crippen molar-refractivity contribution in [1.82, 2.24) is 19.2 Å². The van der Waals surface area contributed by atoms with Gasteiger partial charge in [0.05, 0.1) is 5.52 Å². The Bertz CT molecular complexity index is 1090. The molecule has 8 nitrogen and oxygen atoms in total. The van der Waals surface area contributed by atoms with Gasteiger partial charge in [-0.15, -0.1) is 0 Å². The van der Waals surface area contributed by atoms with Crippen LogP contribution in [0.5, 0.6) is 0 Å². The van der Waals surface area contributed by atoms with Crippen LogP contribution in [0.25, 0.3) is 5.52 Å². The highest BCUT2D eigenvalue weighted by Gasteiger charge is 2.27. The maximum Gasteiger partial charge on any atom is 0.292 e. The van der Waals surface area contributed by atoms with E-state index in [1.807, 2.05) is 0 Å². The largest absolute Gasteiger partial charge is 0.342 e. The highest BCUT2D eigenvalue weighted by Crippen LogP contribution is 2.18. The van der Waals surface area contributed by atoms with Gasteiger partial charge in [-0.3, -0.25) is 18.8 Å². The summed E-state index contributed by atoms with van der Waals surface area (Å²) in [5.74, 6) is -1.30. The number of hydrogen-bond acceptors (Lipinski definition) is 4. The number of piperazine rings is 1. The van der Waals surface area contributed by atoms with E-state index in [1.54, 1.807) is 40.3 Å². The Labute approximate surface area is 165 Å². The van der Waals surface area contributed by atoms with Crippen LogP contribution in [0, 0.1) is 5.82 Å². The molecular formula is C20H18FN5O3. The molecule has 3 heterocycles. The molecule has 0 spiro atoms. The zero-order chi connectivity index (χ0) is 20.4. The first-order valence-corrected chi connectivity index (χ1v) is 9.09. The summed E-state index contributed by atoms with van der Waals surface area (Å²) < 4.78 is 14.9. The molecule has 1 N–H and O–H groups in total. The van der Waals surface area contributed by atoms with Gasteiger partial charge in [-0.1, -0.05) is 12.1 Å². The summed E-state index contributed by atoms with van der Waals surface area (Å²) in [6.07, 6.45) is 2.41. The van der Waals surface area contributed by atoms with E-state index in [0.29, 0.717) is 37.4 Å². The van der Waals surface area contributed by atoms with Gasteiger partial charge < -0.3 is 15.1 Å². The maximum atomic E-state index is 13.4. The third-order valence-corrected chi connectivity index (χ3v) is 4.79. The number of pyridine rings is 1. The summed E-state index contributed by atoms with van der Waals surface area (Å²) in [7, 11) is 0. The van der Waals surface area contributed by atoms with Crippen LogP contribution in [-0.4, -0.2) is 63.6 Å². The van der Waals surface area contributed by atoms with E-state index in [1.165, 1.54) is 22.6 Å². The fraction of sp³-hybridized carbons (Fsp3) is 0.200. The number of rotatable bonds is 4. The molecule has 1 aliphatic heterocycles. The van der Waals surface area contributed by atoms with Crippen molar-refractivity contribution in [1.29, 1.82) is 0 Å². The number of benzene rings is 1. The number of nitrogens with zero attached hydrogens (tertiary/aromatic N) is 4. The van der Waals surface area contributed by atoms with E-state index in [0.717, 1.165) is 6.41 Å². The average molecular weight is 395 g/mol. The molecule has 0 aliphatic carbocycles. The fourth-order valence-electron chi connectivity index (χ4n) is 3.29. The Balaban J connectivity index is 1.64. The molecule has 3 aromatic rings. The lowest BCUT2D eigenvalue weighted by Crippen LogP contribution is -2.48. The summed E-state index contributed by atoms with van der Waals surface area (Å²) in [5, 5.41) is 2.60. The van der Waals surface area contributed by atoms with Crippen molar-refractivity contribution < 1.29 is 18.8 Å². The molecule has 0 saturated carbocycles. The minimum atomic E-state index is -0.554. The lowest BCUT2D eigenvalue weighted by Gasteiger charge is -2.32. The van der Waals surface area contributed by atoms with Crippen molar-refractivity contribution in [2.45, 2.75) is 0 Å². The molecule has 2 aromatic heterocycles. The number of aromatic nitrogens is 2. The molecule has 1 aromatic carbocycles. The minimum absolute atomic E-state index is 0.0275. The van der Waals surface area contributed by atoms with Crippen molar-refractivity contribution in [3.05, 3.63) is 66.0 Å². The monoisotopic (exact) mass is 395 g/mol. The zero-order valence-electron chi connectivity index (χ0n) is 15.4. The number of carbonyl (C=O) groups is 3. The second kappa shape index (κ2) is 7.70. The molecule has 3 amide bonds. The second-order valence-corrected chi connectivity index (χ2v) is 6.64. The van der Waals surface area contributed by atoms with Crippen molar-refractivity contribution in [2.24, 2.45) is 0 Å². The van der Waals surface area contributed by atoms with Gasteiger partial charge in [-0.05, 0) is 30.3 Å². The van der Waals surface area contributed by atoms with Gasteiger partial charge in [-0.2, -0.15) is 0 Å². The van der Waals surface area contributed by atoms with Crippen molar-refractivity contribution >= 4 is 29.4 Å². The Hall–Kier alpha value is -3.75. The number of halogens is 1. The summed E-state index contributed by atoms with van der Waals surface area (Å²) in [4.78, 5) is 44.1. The summed E-state index contributed by atoms with van der Waals surface area (Å²) in [6, 6.07) is 10.7. The van der Waals surface area contributed by atoms with Gasteiger partial charge in [0.2, 0.25) is 12.2 Å². The fourth-order valence-corrected chi connectivity index (χ4v) is 3.29. The van der Waals surface area contributed by atoms with Gasteiger partial charge in [-0.25, -0.2) is 9.37 Å². The highest BCUT2D eigenvalue weighted by atomic mass is 19.1. The lowest BCUT2D eigenvalue weighted by atomic mass is 10.2. The number of amides is 3. The van der Waals surface area contributed by atoms with Crippen LogP contribution < -0.4 is 5.32 Å². The highest BCUT2D eigenvalue weighted by molar-refractivity contribution is 6.06. The smallest absolute Gasteiger partial charge is 0.292 e. The van der Waals surface area contributed by atoms with Gasteiger partial charge in [0.25, 0.3) is 11.8 Å². The van der Waals surface area contributed by atoms with Crippen LogP contribution in [0.4, 0.5) is 10.1 Å². The number of anilines is 1. The van der Waals surface area contributed by atoms with E-state index in [-0.39, 0.29) is 17.4 Å². The molecule has 0 unspecified atom stereocenters. The topological polar surface area (TPSA) is 87.0 Å². The minimum Gasteiger partial charge on any atom is -0.342 e. The third-order valence-electron chi connectivity index (χ3n) is 4.79. The van der Waals surface area contributed by atoms with Crippen LogP contribution in [0.2, 0.25) is 0 Å². The summed E-state index contributed by atoms with van der Waals surface area (Å²) >= 11 is 0. The molecule has 29 heavy (non-hydrogen) atoms. The molecule has 148 valence electrons. The standard InChI is InChI=1S/C20H18FN5O3/c21-14-4-3-5-15(12-14)22-19(28)18-23-17(16-6-1-2-7-26(16)18)20(29)25-10-8-24(13-27)9-11-25/h1-7,12-13H,8-11H2,(H,22,28). The molecule has 1 fully saturated rings. The van der Waals surface area contributed by atoms with Crippen molar-refractivity contribution in [3.8, 4) is 0 Å². The number of carbonyl (C=O) groups excluding carboxylic acids is 3. The van der Waals surface area contributed by atoms with Gasteiger partial charge in [0.1, 0.15) is 5.82 Å². The number of hydrogen-bond donors (Lipinski definition) is 1. The van der Waals surface area contributed by atoms with Crippen molar-refractivity contribution in [2.75, 3.05) is 31.5 Å². The maximum absolute atomic E-state index is 13.4. The molecule has 0 atom stereocenters. The average Bonchev–Trinajstić information content (AvgIpc) is 3.13. The first kappa shape index (κ1) is 18.6. The summed E-state index contributed by atoms with van der Waals surface area (Å²) in [5.41, 5.74) is 0.954. The van der Waals surface area contributed by atoms with E-state index in [4.69, 9.17) is 0 Å². The van der Waals surface area contributed by atoms with Gasteiger partial charge in [0, 0.05) is 38.1 Å². The van der Waals surface area contributed by atoms with Crippen molar-refractivity contribution in [3.63, 3.8) is 0 Å². The first-order valence-electron chi connectivity index (χ1n) is 9.09. The van der Waals surface area contributed by atoms with Crippen LogP contribution in [0.15, 0.2) is 48.7 Å². The molecule has 0 radical (unpaired) electrons. The van der Waals surface area contributed by atoms with Crippen LogP contribution in [0.3, 0.4) is 0 Å². The number of imidazole rings is 1. The van der Waals surface area contributed by atoms with E-state index in [9.17, 15) is 18.8 Å². The van der Waals surface area contributed by atoms with Crippen LogP contribution in [0.1, 0.15) is 21.1 Å². The molecule has 1 saturated heterocycles. The Kier molecular flexibility index (Phi) is 4.94.